The summed E-state index contributed by atoms with van der Waals surface area (Å²) in [6, 6.07) is 20.1. The van der Waals surface area contributed by atoms with Crippen LogP contribution in [0, 0.1) is 5.92 Å². The van der Waals surface area contributed by atoms with Crippen molar-refractivity contribution in [1.82, 2.24) is 4.90 Å². The lowest BCUT2D eigenvalue weighted by molar-refractivity contribution is -0.122. The van der Waals surface area contributed by atoms with Gasteiger partial charge in [-0.05, 0) is 66.2 Å². The van der Waals surface area contributed by atoms with Gasteiger partial charge in [-0.3, -0.25) is 9.69 Å². The number of nitrogens with zero attached hydrogens (tertiary/aromatic N) is 2. The number of carbonyl (C=O) groups excluding carboxylic acids is 1. The van der Waals surface area contributed by atoms with Gasteiger partial charge in [0.25, 0.3) is 5.91 Å². The predicted molar refractivity (Wildman–Crippen MR) is 148 cm³/mol. The number of aliphatic imine (C=N–C) groups is 1. The molecule has 0 radical (unpaired) electrons. The molecule has 0 bridgehead atoms. The second kappa shape index (κ2) is 11.5. The first-order valence-corrected chi connectivity index (χ1v) is 13.0. The average molecular weight is 546 g/mol. The van der Waals surface area contributed by atoms with E-state index in [4.69, 9.17) is 44.5 Å². The van der Waals surface area contributed by atoms with Crippen LogP contribution in [0.2, 0.25) is 15.1 Å². The van der Waals surface area contributed by atoms with E-state index in [-0.39, 0.29) is 18.4 Å². The number of rotatable bonds is 7. The highest BCUT2D eigenvalue weighted by Crippen LogP contribution is 2.36. The Hall–Kier alpha value is -2.44. The molecular weight excluding hydrogens is 523 g/mol. The van der Waals surface area contributed by atoms with E-state index in [0.29, 0.717) is 37.4 Å². The van der Waals surface area contributed by atoms with Gasteiger partial charge in [-0.2, -0.15) is 0 Å². The number of carbonyl (C=O) groups is 1. The number of benzene rings is 3. The maximum absolute atomic E-state index is 13.3. The van der Waals surface area contributed by atoms with Crippen molar-refractivity contribution in [2.75, 3.05) is 6.54 Å². The molecule has 0 saturated carbocycles. The third kappa shape index (κ3) is 6.62. The topological polar surface area (TPSA) is 41.9 Å². The average Bonchev–Trinajstić information content (AvgIpc) is 3.09. The summed E-state index contributed by atoms with van der Waals surface area (Å²) in [5.74, 6) is 0.860. The first-order chi connectivity index (χ1) is 16.8. The minimum atomic E-state index is -0.0769. The number of thioether (sulfide) groups is 1. The predicted octanol–water partition coefficient (Wildman–Crippen LogP) is 8.49. The Kier molecular flexibility index (Phi) is 8.45. The number of halogens is 3. The monoisotopic (exact) mass is 544 g/mol. The Balaban J connectivity index is 1.61. The molecule has 1 saturated heterocycles. The van der Waals surface area contributed by atoms with Crippen LogP contribution in [0.15, 0.2) is 76.6 Å². The van der Waals surface area contributed by atoms with E-state index in [2.05, 4.69) is 13.8 Å². The minimum Gasteiger partial charge on any atom is -0.488 e. The van der Waals surface area contributed by atoms with Gasteiger partial charge in [-0.15, -0.1) is 0 Å². The molecule has 0 spiro atoms. The van der Waals surface area contributed by atoms with E-state index in [1.807, 2.05) is 48.5 Å². The normalized spacial score (nSPS) is 16.1. The number of para-hydroxylation sites is 1. The molecule has 1 fully saturated rings. The van der Waals surface area contributed by atoms with E-state index in [0.717, 1.165) is 16.8 Å². The highest BCUT2D eigenvalue weighted by atomic mass is 35.5. The lowest BCUT2D eigenvalue weighted by atomic mass is 10.1. The standard InChI is InChI=1S/C27H23Cl3N2O2S/c1-17(2)15-32-26(33)25(35-27(32)31-22-11-9-20(28)10-12-22)13-18-5-3-4-6-24(18)34-16-19-7-8-21(29)14-23(19)30/h3-14,17H,15-16H2,1-2H3/b25-13-,31-27?. The lowest BCUT2D eigenvalue weighted by Crippen LogP contribution is -2.32. The summed E-state index contributed by atoms with van der Waals surface area (Å²) in [6.45, 7) is 5.00. The van der Waals surface area contributed by atoms with Gasteiger partial charge in [0.15, 0.2) is 5.17 Å². The van der Waals surface area contributed by atoms with Crippen molar-refractivity contribution >= 4 is 69.4 Å². The van der Waals surface area contributed by atoms with Gasteiger partial charge in [-0.1, -0.05) is 72.9 Å². The number of hydrogen-bond acceptors (Lipinski definition) is 4. The third-order valence-electron chi connectivity index (χ3n) is 5.09. The van der Waals surface area contributed by atoms with E-state index in [1.165, 1.54) is 11.8 Å². The molecule has 3 aromatic rings. The summed E-state index contributed by atoms with van der Waals surface area (Å²) in [7, 11) is 0. The van der Waals surface area contributed by atoms with Gasteiger partial charge >= 0.3 is 0 Å². The summed E-state index contributed by atoms with van der Waals surface area (Å²) in [6.07, 6.45) is 1.85. The van der Waals surface area contributed by atoms with E-state index in [1.54, 1.807) is 29.2 Å². The van der Waals surface area contributed by atoms with Crippen LogP contribution in [-0.4, -0.2) is 22.5 Å². The first kappa shape index (κ1) is 25.6. The van der Waals surface area contributed by atoms with E-state index >= 15 is 0 Å². The van der Waals surface area contributed by atoms with Crippen molar-refractivity contribution in [2.45, 2.75) is 20.5 Å². The highest BCUT2D eigenvalue weighted by Gasteiger charge is 2.34. The smallest absolute Gasteiger partial charge is 0.266 e. The molecule has 0 N–H and O–H groups in total. The van der Waals surface area contributed by atoms with Crippen molar-refractivity contribution < 1.29 is 9.53 Å². The number of amides is 1. The van der Waals surface area contributed by atoms with Crippen molar-refractivity contribution in [3.63, 3.8) is 0 Å². The second-order valence-electron chi connectivity index (χ2n) is 8.35. The minimum absolute atomic E-state index is 0.0769. The summed E-state index contributed by atoms with van der Waals surface area (Å²) >= 11 is 19.6. The van der Waals surface area contributed by atoms with Crippen LogP contribution in [0.4, 0.5) is 5.69 Å². The zero-order valence-corrected chi connectivity index (χ0v) is 22.3. The highest BCUT2D eigenvalue weighted by molar-refractivity contribution is 8.18. The molecule has 1 aliphatic rings. The van der Waals surface area contributed by atoms with Gasteiger partial charge in [0.05, 0.1) is 10.6 Å². The fraction of sp³-hybridized carbons (Fsp3) is 0.185. The molecule has 4 nitrogen and oxygen atoms in total. The number of hydrogen-bond donors (Lipinski definition) is 0. The molecule has 0 aromatic heterocycles. The zero-order valence-electron chi connectivity index (χ0n) is 19.2. The van der Waals surface area contributed by atoms with Crippen LogP contribution in [-0.2, 0) is 11.4 Å². The Bertz CT molecular complexity index is 1290. The molecule has 1 aliphatic heterocycles. The fourth-order valence-electron chi connectivity index (χ4n) is 3.41. The number of ether oxygens (including phenoxy) is 1. The molecular formula is C27H23Cl3N2O2S. The van der Waals surface area contributed by atoms with Crippen LogP contribution >= 0.6 is 46.6 Å². The lowest BCUT2D eigenvalue weighted by Gasteiger charge is -2.17. The fourth-order valence-corrected chi connectivity index (χ4v) is 5.00. The molecule has 1 amide bonds. The van der Waals surface area contributed by atoms with Gasteiger partial charge in [0, 0.05) is 32.7 Å². The maximum atomic E-state index is 13.3. The first-order valence-electron chi connectivity index (χ1n) is 11.0. The second-order valence-corrected chi connectivity index (χ2v) is 10.6. The Morgan fingerprint density at radius 1 is 1.00 bits per heavy atom. The van der Waals surface area contributed by atoms with Crippen LogP contribution < -0.4 is 4.74 Å². The largest absolute Gasteiger partial charge is 0.488 e. The van der Waals surface area contributed by atoms with Gasteiger partial charge in [-0.25, -0.2) is 4.99 Å². The van der Waals surface area contributed by atoms with Crippen LogP contribution in [0.5, 0.6) is 5.75 Å². The van der Waals surface area contributed by atoms with Crippen molar-refractivity contribution in [3.8, 4) is 5.75 Å². The van der Waals surface area contributed by atoms with Crippen LogP contribution in [0.1, 0.15) is 25.0 Å². The summed E-state index contributed by atoms with van der Waals surface area (Å²) in [5, 5.41) is 2.40. The molecule has 0 unspecified atom stereocenters. The maximum Gasteiger partial charge on any atom is 0.266 e. The Labute approximate surface area is 224 Å². The quantitative estimate of drug-likeness (QED) is 0.280. The number of amidine groups is 1. The summed E-state index contributed by atoms with van der Waals surface area (Å²) < 4.78 is 6.07. The van der Waals surface area contributed by atoms with Crippen LogP contribution in [0.25, 0.3) is 6.08 Å². The Morgan fingerprint density at radius 3 is 2.43 bits per heavy atom. The summed E-state index contributed by atoms with van der Waals surface area (Å²) in [4.78, 5) is 20.4. The molecule has 0 aliphatic carbocycles. The van der Waals surface area contributed by atoms with Crippen molar-refractivity contribution in [2.24, 2.45) is 10.9 Å². The van der Waals surface area contributed by atoms with E-state index in [9.17, 15) is 4.79 Å². The van der Waals surface area contributed by atoms with E-state index < -0.39 is 0 Å². The van der Waals surface area contributed by atoms with Gasteiger partial charge < -0.3 is 4.74 Å². The molecule has 8 heteroatoms. The zero-order chi connectivity index (χ0) is 24.9. The van der Waals surface area contributed by atoms with Crippen molar-refractivity contribution in [1.29, 1.82) is 0 Å². The molecule has 35 heavy (non-hydrogen) atoms. The molecule has 1 heterocycles. The van der Waals surface area contributed by atoms with Gasteiger partial charge in [0.2, 0.25) is 0 Å². The van der Waals surface area contributed by atoms with Gasteiger partial charge in [0.1, 0.15) is 12.4 Å². The third-order valence-corrected chi connectivity index (χ3v) is 6.94. The molecule has 3 aromatic carbocycles. The SMILES string of the molecule is CC(C)CN1C(=O)/C(=C/c2ccccc2OCc2ccc(Cl)cc2Cl)SC1=Nc1ccc(Cl)cc1. The summed E-state index contributed by atoms with van der Waals surface area (Å²) in [5.41, 5.74) is 2.36. The van der Waals surface area contributed by atoms with Crippen LogP contribution in [0.3, 0.4) is 0 Å². The van der Waals surface area contributed by atoms with Crippen molar-refractivity contribution in [3.05, 3.63) is 97.8 Å². The molecule has 4 rings (SSSR count). The Morgan fingerprint density at radius 2 is 1.71 bits per heavy atom. The molecule has 0 atom stereocenters. The molecule has 180 valence electrons.